The van der Waals surface area contributed by atoms with Gasteiger partial charge in [0.1, 0.15) is 0 Å². The van der Waals surface area contributed by atoms with Crippen molar-refractivity contribution >= 4 is 0 Å². The van der Waals surface area contributed by atoms with Crippen molar-refractivity contribution in [2.45, 2.75) is 39.3 Å². The zero-order valence-electron chi connectivity index (χ0n) is 6.60. The van der Waals surface area contributed by atoms with E-state index in [1.165, 1.54) is 6.42 Å². The molecule has 0 aromatic carbocycles. The summed E-state index contributed by atoms with van der Waals surface area (Å²) in [6.07, 6.45) is -4.15. The van der Waals surface area contributed by atoms with Crippen molar-refractivity contribution in [3.05, 3.63) is 0 Å². The summed E-state index contributed by atoms with van der Waals surface area (Å²) < 4.78 is 54.6. The van der Waals surface area contributed by atoms with E-state index in [1.54, 1.807) is 0 Å². The number of alkyl halides is 5. The Balaban J connectivity index is 0. The molecule has 0 spiro atoms. The van der Waals surface area contributed by atoms with Crippen LogP contribution in [0.1, 0.15) is 27.2 Å². The Kier molecular flexibility index (Phi) is 5.44. The molecule has 0 atom stereocenters. The van der Waals surface area contributed by atoms with Crippen molar-refractivity contribution in [1.82, 2.24) is 0 Å². The van der Waals surface area contributed by atoms with Gasteiger partial charge in [0.2, 0.25) is 0 Å². The van der Waals surface area contributed by atoms with E-state index in [0.717, 1.165) is 0 Å². The highest BCUT2D eigenvalue weighted by molar-refractivity contribution is 4.67. The van der Waals surface area contributed by atoms with E-state index in [1.807, 2.05) is 0 Å². The Morgan fingerprint density at radius 2 is 1.00 bits per heavy atom. The van der Waals surface area contributed by atoms with Gasteiger partial charge < -0.3 is 0 Å². The molecule has 0 aliphatic carbocycles. The summed E-state index contributed by atoms with van der Waals surface area (Å²) >= 11 is 0. The summed E-state index contributed by atoms with van der Waals surface area (Å²) in [7, 11) is 0. The van der Waals surface area contributed by atoms with Crippen molar-refractivity contribution in [2.24, 2.45) is 0 Å². The molecule has 0 aromatic heterocycles. The van der Waals surface area contributed by atoms with Gasteiger partial charge in [0.05, 0.1) is 0 Å². The van der Waals surface area contributed by atoms with Crippen molar-refractivity contribution in [2.75, 3.05) is 0 Å². The second kappa shape index (κ2) is 4.51. The van der Waals surface area contributed by atoms with Crippen molar-refractivity contribution < 1.29 is 22.0 Å². The smallest absolute Gasteiger partial charge is 0.197 e. The van der Waals surface area contributed by atoms with Gasteiger partial charge in [-0.25, -0.2) is 0 Å². The maximum atomic E-state index is 11.1. The molecule has 0 N–H and O–H groups in total. The summed E-state index contributed by atoms with van der Waals surface area (Å²) in [4.78, 5) is 0. The average molecular weight is 178 g/mol. The van der Waals surface area contributed by atoms with Crippen LogP contribution in [0, 0.1) is 0 Å². The van der Waals surface area contributed by atoms with Crippen LogP contribution in [-0.4, -0.2) is 12.1 Å². The van der Waals surface area contributed by atoms with Gasteiger partial charge in [-0.05, 0) is 0 Å². The number of hydrogen-bond acceptors (Lipinski definition) is 0. The highest BCUT2D eigenvalue weighted by atomic mass is 19.4. The fourth-order valence-electron chi connectivity index (χ4n) is 0. The van der Waals surface area contributed by atoms with Crippen LogP contribution >= 0.6 is 0 Å². The SMILES string of the molecule is CC(F)(F)C(F)(F)F.CCC. The molecule has 0 heterocycles. The molecule has 0 amide bonds. The molecule has 0 rings (SSSR count). The van der Waals surface area contributed by atoms with Crippen LogP contribution in [0.25, 0.3) is 0 Å². The van der Waals surface area contributed by atoms with Crippen LogP contribution < -0.4 is 0 Å². The lowest BCUT2D eigenvalue weighted by molar-refractivity contribution is -0.273. The highest BCUT2D eigenvalue weighted by Crippen LogP contribution is 2.34. The molecule has 0 unspecified atom stereocenters. The fraction of sp³-hybridized carbons (Fsp3) is 1.00. The first kappa shape index (κ1) is 13.3. The van der Waals surface area contributed by atoms with E-state index in [2.05, 4.69) is 13.8 Å². The van der Waals surface area contributed by atoms with Crippen LogP contribution in [0.15, 0.2) is 0 Å². The van der Waals surface area contributed by atoms with Gasteiger partial charge in [0.15, 0.2) is 0 Å². The van der Waals surface area contributed by atoms with E-state index >= 15 is 0 Å². The molecule has 0 nitrogen and oxygen atoms in total. The van der Waals surface area contributed by atoms with Crippen molar-refractivity contribution in [1.29, 1.82) is 0 Å². The minimum absolute atomic E-state index is 0.188. The third-order valence-electron chi connectivity index (χ3n) is 0.498. The van der Waals surface area contributed by atoms with Gasteiger partial charge in [0.25, 0.3) is 0 Å². The molecule has 0 saturated heterocycles. The average Bonchev–Trinajstić information content (AvgIpc) is 1.60. The van der Waals surface area contributed by atoms with Gasteiger partial charge in [-0.3, -0.25) is 0 Å². The van der Waals surface area contributed by atoms with Gasteiger partial charge >= 0.3 is 12.1 Å². The standard InChI is InChI=1S/C3H3F5.C3H8/c1-2(4,5)3(6,7)8;1-3-2/h1H3;3H2,1-2H3. The molecule has 0 aliphatic rings. The molecular formula is C6H11F5. The van der Waals surface area contributed by atoms with Crippen LogP contribution in [0.3, 0.4) is 0 Å². The zero-order chi connectivity index (χ0) is 9.71. The summed E-state index contributed by atoms with van der Waals surface area (Å²) in [6, 6.07) is 0. The van der Waals surface area contributed by atoms with Crippen molar-refractivity contribution in [3.63, 3.8) is 0 Å². The van der Waals surface area contributed by atoms with Crippen LogP contribution in [0.5, 0.6) is 0 Å². The van der Waals surface area contributed by atoms with Crippen LogP contribution in [-0.2, 0) is 0 Å². The topological polar surface area (TPSA) is 0 Å². The molecule has 70 valence electrons. The Morgan fingerprint density at radius 3 is 1.00 bits per heavy atom. The van der Waals surface area contributed by atoms with Gasteiger partial charge in [0, 0.05) is 6.92 Å². The molecule has 0 saturated carbocycles. The Hall–Kier alpha value is -0.350. The second-order valence-corrected chi connectivity index (χ2v) is 2.09. The minimum atomic E-state index is -5.40. The highest BCUT2D eigenvalue weighted by Gasteiger charge is 2.52. The zero-order valence-corrected chi connectivity index (χ0v) is 6.60. The molecule has 0 bridgehead atoms. The summed E-state index contributed by atoms with van der Waals surface area (Å²) in [5, 5.41) is 0. The molecule has 0 radical (unpaired) electrons. The summed E-state index contributed by atoms with van der Waals surface area (Å²) in [5.74, 6) is -4.56. The summed E-state index contributed by atoms with van der Waals surface area (Å²) in [6.45, 7) is 4.06. The predicted molar refractivity (Wildman–Crippen MR) is 32.6 cm³/mol. The van der Waals surface area contributed by atoms with Gasteiger partial charge in [-0.2, -0.15) is 22.0 Å². The monoisotopic (exact) mass is 178 g/mol. The lowest BCUT2D eigenvalue weighted by Gasteiger charge is -2.12. The maximum Gasteiger partial charge on any atom is 0.452 e. The normalized spacial score (nSPS) is 12.0. The quantitative estimate of drug-likeness (QED) is 0.497. The van der Waals surface area contributed by atoms with Crippen LogP contribution in [0.4, 0.5) is 22.0 Å². The largest absolute Gasteiger partial charge is 0.452 e. The second-order valence-electron chi connectivity index (χ2n) is 2.09. The number of halogens is 5. The van der Waals surface area contributed by atoms with E-state index in [9.17, 15) is 22.0 Å². The molecular weight excluding hydrogens is 167 g/mol. The van der Waals surface area contributed by atoms with Crippen molar-refractivity contribution in [3.8, 4) is 0 Å². The first-order valence-electron chi connectivity index (χ1n) is 3.11. The minimum Gasteiger partial charge on any atom is -0.197 e. The third-order valence-corrected chi connectivity index (χ3v) is 0.498. The van der Waals surface area contributed by atoms with E-state index in [-0.39, 0.29) is 6.92 Å². The molecule has 0 aliphatic heterocycles. The third kappa shape index (κ3) is 7.55. The van der Waals surface area contributed by atoms with Gasteiger partial charge in [-0.15, -0.1) is 0 Å². The van der Waals surface area contributed by atoms with Gasteiger partial charge in [-0.1, -0.05) is 20.3 Å². The van der Waals surface area contributed by atoms with E-state index < -0.39 is 12.1 Å². The Labute approximate surface area is 62.4 Å². The first-order valence-corrected chi connectivity index (χ1v) is 3.11. The number of rotatable bonds is 0. The molecule has 0 fully saturated rings. The first-order chi connectivity index (χ1) is 4.66. The lowest BCUT2D eigenvalue weighted by atomic mass is 10.4. The predicted octanol–water partition coefficient (Wildman–Crippen LogP) is 3.62. The Bertz CT molecular complexity index is 76.1. The van der Waals surface area contributed by atoms with E-state index in [4.69, 9.17) is 0 Å². The molecule has 5 heteroatoms. The van der Waals surface area contributed by atoms with E-state index in [0.29, 0.717) is 0 Å². The lowest BCUT2D eigenvalue weighted by Crippen LogP contribution is -2.32. The summed E-state index contributed by atoms with van der Waals surface area (Å²) in [5.41, 5.74) is 0. The Morgan fingerprint density at radius 1 is 0.909 bits per heavy atom. The van der Waals surface area contributed by atoms with Crippen LogP contribution in [0.2, 0.25) is 0 Å². The molecule has 11 heavy (non-hydrogen) atoms. The molecule has 0 aromatic rings. The maximum absolute atomic E-state index is 11.1. The number of hydrogen-bond donors (Lipinski definition) is 0. The fourth-order valence-corrected chi connectivity index (χ4v) is 0.